The molecule has 0 bridgehead atoms. The number of aryl methyl sites for hydroxylation is 1. The van der Waals surface area contributed by atoms with Gasteiger partial charge in [0, 0.05) is 16.8 Å². The smallest absolute Gasteiger partial charge is 0.416 e. The van der Waals surface area contributed by atoms with Crippen molar-refractivity contribution < 1.29 is 22.4 Å². The van der Waals surface area contributed by atoms with Gasteiger partial charge in [0.25, 0.3) is 0 Å². The summed E-state index contributed by atoms with van der Waals surface area (Å²) in [5.74, 6) is -1.62. The second-order valence-electron chi connectivity index (χ2n) is 5.31. The standard InChI is InChI=1S/C17H12F3N3O2/c1-10-5-7-11(8-6-10)14-22-23-15(25-14)12-3-2-4-13(9-12)21-16(24)17(18,19)20/h2-9H,1H3,(H,21,24). The number of amides is 1. The molecule has 1 aromatic heterocycles. The van der Waals surface area contributed by atoms with E-state index in [-0.39, 0.29) is 11.6 Å². The maximum atomic E-state index is 12.3. The first kappa shape index (κ1) is 16.7. The molecule has 2 aromatic carbocycles. The Balaban J connectivity index is 1.84. The first-order valence-corrected chi connectivity index (χ1v) is 7.22. The zero-order valence-electron chi connectivity index (χ0n) is 13.0. The third kappa shape index (κ3) is 3.85. The molecule has 0 aliphatic heterocycles. The number of alkyl halides is 3. The highest BCUT2D eigenvalue weighted by Crippen LogP contribution is 2.26. The number of carbonyl (C=O) groups is 1. The molecule has 0 unspecified atom stereocenters. The Morgan fingerprint density at radius 1 is 1.00 bits per heavy atom. The normalized spacial score (nSPS) is 11.4. The monoisotopic (exact) mass is 347 g/mol. The zero-order valence-corrected chi connectivity index (χ0v) is 13.0. The zero-order chi connectivity index (χ0) is 18.0. The van der Waals surface area contributed by atoms with Crippen molar-refractivity contribution in [2.24, 2.45) is 0 Å². The number of rotatable bonds is 3. The fourth-order valence-electron chi connectivity index (χ4n) is 2.08. The quantitative estimate of drug-likeness (QED) is 0.770. The second-order valence-corrected chi connectivity index (χ2v) is 5.31. The number of halogens is 3. The van der Waals surface area contributed by atoms with Crippen molar-refractivity contribution in [3.05, 3.63) is 54.1 Å². The van der Waals surface area contributed by atoms with Crippen LogP contribution in [0.2, 0.25) is 0 Å². The predicted molar refractivity (Wildman–Crippen MR) is 84.6 cm³/mol. The lowest BCUT2D eigenvalue weighted by Gasteiger charge is -2.08. The average molecular weight is 347 g/mol. The molecule has 5 nitrogen and oxygen atoms in total. The predicted octanol–water partition coefficient (Wildman–Crippen LogP) is 4.21. The Hall–Kier alpha value is -3.16. The number of hydrogen-bond donors (Lipinski definition) is 1. The van der Waals surface area contributed by atoms with Gasteiger partial charge in [0.1, 0.15) is 0 Å². The Labute approximate surface area is 140 Å². The highest BCUT2D eigenvalue weighted by Gasteiger charge is 2.38. The summed E-state index contributed by atoms with van der Waals surface area (Å²) in [5.41, 5.74) is 2.18. The minimum absolute atomic E-state index is 0.0186. The van der Waals surface area contributed by atoms with Crippen LogP contribution in [0.4, 0.5) is 18.9 Å². The van der Waals surface area contributed by atoms with Gasteiger partial charge in [-0.25, -0.2) is 0 Å². The third-order valence-corrected chi connectivity index (χ3v) is 3.35. The van der Waals surface area contributed by atoms with Gasteiger partial charge in [0.05, 0.1) is 0 Å². The van der Waals surface area contributed by atoms with Gasteiger partial charge in [-0.15, -0.1) is 10.2 Å². The van der Waals surface area contributed by atoms with Crippen LogP contribution in [-0.2, 0) is 4.79 Å². The molecular weight excluding hydrogens is 335 g/mol. The molecule has 0 spiro atoms. The summed E-state index contributed by atoms with van der Waals surface area (Å²) < 4.78 is 42.5. The van der Waals surface area contributed by atoms with E-state index in [0.717, 1.165) is 11.1 Å². The lowest BCUT2D eigenvalue weighted by molar-refractivity contribution is -0.167. The molecule has 0 aliphatic carbocycles. The van der Waals surface area contributed by atoms with E-state index in [1.807, 2.05) is 31.2 Å². The fourth-order valence-corrected chi connectivity index (χ4v) is 2.08. The molecule has 0 saturated carbocycles. The van der Waals surface area contributed by atoms with Crippen LogP contribution in [0, 0.1) is 6.92 Å². The Morgan fingerprint density at radius 3 is 2.28 bits per heavy atom. The first-order valence-electron chi connectivity index (χ1n) is 7.22. The largest absolute Gasteiger partial charge is 0.471 e. The third-order valence-electron chi connectivity index (χ3n) is 3.35. The van der Waals surface area contributed by atoms with E-state index in [0.29, 0.717) is 11.5 Å². The van der Waals surface area contributed by atoms with Crippen LogP contribution in [0.1, 0.15) is 5.56 Å². The van der Waals surface area contributed by atoms with Crippen molar-refractivity contribution in [2.75, 3.05) is 5.32 Å². The highest BCUT2D eigenvalue weighted by molar-refractivity contribution is 5.95. The topological polar surface area (TPSA) is 68.0 Å². The number of nitrogens with one attached hydrogen (secondary N) is 1. The van der Waals surface area contributed by atoms with E-state index in [2.05, 4.69) is 10.2 Å². The van der Waals surface area contributed by atoms with Gasteiger partial charge in [0.15, 0.2) is 0 Å². The molecule has 0 radical (unpaired) electrons. The molecule has 128 valence electrons. The lowest BCUT2D eigenvalue weighted by atomic mass is 10.1. The van der Waals surface area contributed by atoms with Gasteiger partial charge >= 0.3 is 12.1 Å². The molecule has 25 heavy (non-hydrogen) atoms. The molecule has 0 aliphatic rings. The van der Waals surface area contributed by atoms with Crippen LogP contribution in [0.3, 0.4) is 0 Å². The number of anilines is 1. The van der Waals surface area contributed by atoms with E-state index >= 15 is 0 Å². The van der Waals surface area contributed by atoms with Crippen LogP contribution < -0.4 is 5.32 Å². The van der Waals surface area contributed by atoms with Crippen molar-refractivity contribution in [1.82, 2.24) is 10.2 Å². The molecular formula is C17H12F3N3O2. The minimum atomic E-state index is -4.96. The molecule has 0 saturated heterocycles. The van der Waals surface area contributed by atoms with Crippen molar-refractivity contribution in [3.8, 4) is 22.9 Å². The van der Waals surface area contributed by atoms with Gasteiger partial charge in [-0.1, -0.05) is 23.8 Å². The minimum Gasteiger partial charge on any atom is -0.416 e. The van der Waals surface area contributed by atoms with Crippen LogP contribution in [0.15, 0.2) is 52.9 Å². The van der Waals surface area contributed by atoms with Gasteiger partial charge < -0.3 is 9.73 Å². The first-order chi connectivity index (χ1) is 11.8. The average Bonchev–Trinajstić information content (AvgIpc) is 3.05. The molecule has 1 heterocycles. The number of aromatic nitrogens is 2. The summed E-state index contributed by atoms with van der Waals surface area (Å²) in [4.78, 5) is 11.0. The van der Waals surface area contributed by atoms with Crippen LogP contribution in [0.5, 0.6) is 0 Å². The number of hydrogen-bond acceptors (Lipinski definition) is 4. The fraction of sp³-hybridized carbons (Fsp3) is 0.118. The van der Waals surface area contributed by atoms with E-state index in [9.17, 15) is 18.0 Å². The van der Waals surface area contributed by atoms with Crippen LogP contribution >= 0.6 is 0 Å². The number of carbonyl (C=O) groups excluding carboxylic acids is 1. The Bertz CT molecular complexity index is 902. The van der Waals surface area contributed by atoms with Crippen molar-refractivity contribution >= 4 is 11.6 Å². The number of benzene rings is 2. The number of nitrogens with zero attached hydrogens (tertiary/aromatic N) is 2. The van der Waals surface area contributed by atoms with Crippen molar-refractivity contribution in [3.63, 3.8) is 0 Å². The van der Waals surface area contributed by atoms with Gasteiger partial charge in [-0.3, -0.25) is 4.79 Å². The van der Waals surface area contributed by atoms with E-state index in [1.165, 1.54) is 18.2 Å². The summed E-state index contributed by atoms with van der Waals surface area (Å²) >= 11 is 0. The summed E-state index contributed by atoms with van der Waals surface area (Å²) in [7, 11) is 0. The van der Waals surface area contributed by atoms with Crippen molar-refractivity contribution in [2.45, 2.75) is 13.1 Å². The molecule has 1 N–H and O–H groups in total. The molecule has 1 amide bonds. The van der Waals surface area contributed by atoms with Crippen LogP contribution in [-0.4, -0.2) is 22.3 Å². The van der Waals surface area contributed by atoms with Gasteiger partial charge in [-0.05, 0) is 37.3 Å². The SMILES string of the molecule is Cc1ccc(-c2nnc(-c3cccc(NC(=O)C(F)(F)F)c3)o2)cc1. The van der Waals surface area contributed by atoms with Crippen LogP contribution in [0.25, 0.3) is 22.9 Å². The molecule has 0 atom stereocenters. The summed E-state index contributed by atoms with van der Waals surface area (Å²) in [6, 6.07) is 13.2. The Kier molecular flexibility index (Phi) is 4.26. The molecule has 8 heteroatoms. The van der Waals surface area contributed by atoms with E-state index < -0.39 is 12.1 Å². The second kappa shape index (κ2) is 6.39. The van der Waals surface area contributed by atoms with Gasteiger partial charge in [0.2, 0.25) is 11.8 Å². The van der Waals surface area contributed by atoms with E-state index in [1.54, 1.807) is 11.4 Å². The van der Waals surface area contributed by atoms with Gasteiger partial charge in [-0.2, -0.15) is 13.2 Å². The van der Waals surface area contributed by atoms with Crippen molar-refractivity contribution in [1.29, 1.82) is 0 Å². The maximum Gasteiger partial charge on any atom is 0.471 e. The Morgan fingerprint density at radius 2 is 1.64 bits per heavy atom. The maximum absolute atomic E-state index is 12.3. The summed E-state index contributed by atoms with van der Waals surface area (Å²) in [5, 5.41) is 9.62. The lowest BCUT2D eigenvalue weighted by Crippen LogP contribution is -2.29. The molecule has 0 fully saturated rings. The summed E-state index contributed by atoms with van der Waals surface area (Å²) in [6.07, 6.45) is -4.96. The molecule has 3 aromatic rings. The highest BCUT2D eigenvalue weighted by atomic mass is 19.4. The van der Waals surface area contributed by atoms with E-state index in [4.69, 9.17) is 4.42 Å². The molecule has 3 rings (SSSR count). The summed E-state index contributed by atoms with van der Waals surface area (Å²) in [6.45, 7) is 1.95.